The van der Waals surface area contributed by atoms with E-state index in [2.05, 4.69) is 34.9 Å². The molecule has 5 aliphatic rings. The van der Waals surface area contributed by atoms with E-state index in [1.54, 1.807) is 11.3 Å². The van der Waals surface area contributed by atoms with Gasteiger partial charge < -0.3 is 4.74 Å². The second-order valence-electron chi connectivity index (χ2n) is 10.9. The molecule has 1 aliphatic heterocycles. The summed E-state index contributed by atoms with van der Waals surface area (Å²) < 4.78 is 6.69. The van der Waals surface area contributed by atoms with Crippen LogP contribution in [0.15, 0.2) is 18.2 Å². The molecule has 0 spiro atoms. The first-order valence-electron chi connectivity index (χ1n) is 12.6. The van der Waals surface area contributed by atoms with Gasteiger partial charge in [-0.1, -0.05) is 17.4 Å². The van der Waals surface area contributed by atoms with Crippen LogP contribution in [0.3, 0.4) is 0 Å². The first-order valence-corrected chi connectivity index (χ1v) is 13.4. The highest BCUT2D eigenvalue weighted by molar-refractivity contribution is 7.22. The molecule has 7 rings (SSSR count). The maximum Gasteiger partial charge on any atom is 0.235 e. The predicted octanol–water partition coefficient (Wildman–Crippen LogP) is 5.30. The van der Waals surface area contributed by atoms with Crippen molar-refractivity contribution in [1.82, 2.24) is 9.88 Å². The van der Waals surface area contributed by atoms with Gasteiger partial charge in [0.25, 0.3) is 0 Å². The summed E-state index contributed by atoms with van der Waals surface area (Å²) in [6.45, 7) is 7.58. The highest BCUT2D eigenvalue weighted by Gasteiger charge is 2.56. The van der Waals surface area contributed by atoms with Crippen LogP contribution in [-0.4, -0.2) is 55.2 Å². The summed E-state index contributed by atoms with van der Waals surface area (Å²) in [7, 11) is 0. The molecule has 1 saturated heterocycles. The molecule has 0 unspecified atom stereocenters. The fourth-order valence-electron chi connectivity index (χ4n) is 7.36. The molecule has 180 valence electrons. The minimum absolute atomic E-state index is 0. The topological polar surface area (TPSA) is 45.7 Å². The van der Waals surface area contributed by atoms with Crippen molar-refractivity contribution in [1.29, 1.82) is 0 Å². The quantitative estimate of drug-likeness (QED) is 0.552. The second-order valence-corrected chi connectivity index (χ2v) is 11.9. The minimum Gasteiger partial charge on any atom is -0.379 e. The molecule has 4 saturated carbocycles. The summed E-state index contributed by atoms with van der Waals surface area (Å²) in [6, 6.07) is 6.43. The van der Waals surface area contributed by atoms with E-state index in [4.69, 9.17) is 9.72 Å². The van der Waals surface area contributed by atoms with E-state index in [-0.39, 0.29) is 17.8 Å². The number of benzene rings is 1. The smallest absolute Gasteiger partial charge is 0.235 e. The van der Waals surface area contributed by atoms with Gasteiger partial charge in [-0.15, -0.1) is 12.4 Å². The zero-order valence-corrected chi connectivity index (χ0v) is 21.3. The molecule has 2 heterocycles. The first-order chi connectivity index (χ1) is 15.6. The van der Waals surface area contributed by atoms with Crippen molar-refractivity contribution in [3.05, 3.63) is 23.8 Å². The number of ether oxygens (including phenoxy) is 1. The number of halogens is 1. The minimum atomic E-state index is -0.124. The van der Waals surface area contributed by atoms with Crippen molar-refractivity contribution in [3.8, 4) is 0 Å². The van der Waals surface area contributed by atoms with E-state index in [0.29, 0.717) is 5.91 Å². The number of fused-ring (bicyclic) bond motifs is 1. The summed E-state index contributed by atoms with van der Waals surface area (Å²) in [5, 5.41) is 0.910. The standard InChI is InChI=1S/C26H35N3O2S.ClH/c1-18-3-4-22-23(11-18)32-25(27-22)29(6-2-5-28-7-9-31-10-8-28)24(30)26-15-19-12-20(16-26)14-21(13-19)17-26;/h3-4,11,19-21H,2,5-10,12-17H2,1H3;1H. The molecule has 2 aromatic rings. The Bertz CT molecular complexity index is 967. The Balaban J connectivity index is 0.00000228. The van der Waals surface area contributed by atoms with Crippen LogP contribution in [-0.2, 0) is 9.53 Å². The lowest BCUT2D eigenvalue weighted by Crippen LogP contribution is -2.55. The normalized spacial score (nSPS) is 31.0. The fourth-order valence-corrected chi connectivity index (χ4v) is 8.44. The number of carbonyl (C=O) groups excluding carboxylic acids is 1. The van der Waals surface area contributed by atoms with E-state index in [9.17, 15) is 4.79 Å². The van der Waals surface area contributed by atoms with Crippen molar-refractivity contribution in [2.45, 2.75) is 51.9 Å². The number of hydrogen-bond acceptors (Lipinski definition) is 5. The van der Waals surface area contributed by atoms with Gasteiger partial charge in [-0.3, -0.25) is 14.6 Å². The molecular formula is C26H36ClN3O2S. The Kier molecular flexibility index (Phi) is 6.73. The van der Waals surface area contributed by atoms with Crippen molar-refractivity contribution in [3.63, 3.8) is 0 Å². The van der Waals surface area contributed by atoms with E-state index >= 15 is 0 Å². The van der Waals surface area contributed by atoms with Crippen molar-refractivity contribution in [2.24, 2.45) is 23.2 Å². The third-order valence-electron chi connectivity index (χ3n) is 8.46. The van der Waals surface area contributed by atoms with Crippen LogP contribution in [0.5, 0.6) is 0 Å². The number of carbonyl (C=O) groups is 1. The highest BCUT2D eigenvalue weighted by Crippen LogP contribution is 2.60. The first kappa shape index (κ1) is 23.5. The number of thiazole rings is 1. The van der Waals surface area contributed by atoms with Crippen LogP contribution in [0.25, 0.3) is 10.2 Å². The van der Waals surface area contributed by atoms with Gasteiger partial charge >= 0.3 is 0 Å². The van der Waals surface area contributed by atoms with Crippen LogP contribution in [0, 0.1) is 30.1 Å². The lowest BCUT2D eigenvalue weighted by Gasteiger charge is -2.56. The van der Waals surface area contributed by atoms with Crippen LogP contribution in [0.4, 0.5) is 5.13 Å². The molecule has 4 bridgehead atoms. The molecule has 5 nitrogen and oxygen atoms in total. The predicted molar refractivity (Wildman–Crippen MR) is 136 cm³/mol. The van der Waals surface area contributed by atoms with Gasteiger partial charge in [-0.2, -0.15) is 0 Å². The lowest BCUT2D eigenvalue weighted by atomic mass is 9.49. The highest BCUT2D eigenvalue weighted by atomic mass is 35.5. The van der Waals surface area contributed by atoms with Gasteiger partial charge in [0.05, 0.1) is 28.8 Å². The van der Waals surface area contributed by atoms with Gasteiger partial charge in [0.15, 0.2) is 5.13 Å². The van der Waals surface area contributed by atoms with Crippen molar-refractivity contribution < 1.29 is 9.53 Å². The maximum atomic E-state index is 14.3. The molecule has 7 heteroatoms. The summed E-state index contributed by atoms with van der Waals surface area (Å²) in [4.78, 5) is 23.8. The van der Waals surface area contributed by atoms with Gasteiger partial charge in [0, 0.05) is 26.2 Å². The Morgan fingerprint density at radius 1 is 1.15 bits per heavy atom. The Labute approximate surface area is 207 Å². The lowest BCUT2D eigenvalue weighted by molar-refractivity contribution is -0.143. The average molecular weight is 490 g/mol. The number of aryl methyl sites for hydroxylation is 1. The van der Waals surface area contributed by atoms with Gasteiger partial charge in [0.1, 0.15) is 0 Å². The van der Waals surface area contributed by atoms with E-state index < -0.39 is 0 Å². The van der Waals surface area contributed by atoms with Gasteiger partial charge in [0.2, 0.25) is 5.91 Å². The number of anilines is 1. The maximum absolute atomic E-state index is 14.3. The molecule has 1 aromatic heterocycles. The van der Waals surface area contributed by atoms with Gasteiger partial charge in [-0.05, 0) is 87.3 Å². The van der Waals surface area contributed by atoms with Gasteiger partial charge in [-0.25, -0.2) is 4.98 Å². The monoisotopic (exact) mass is 489 g/mol. The molecule has 1 aromatic carbocycles. The van der Waals surface area contributed by atoms with Crippen LogP contribution >= 0.6 is 23.7 Å². The fraction of sp³-hybridized carbons (Fsp3) is 0.692. The number of aromatic nitrogens is 1. The zero-order valence-electron chi connectivity index (χ0n) is 19.6. The van der Waals surface area contributed by atoms with E-state index in [1.807, 2.05) is 0 Å². The Morgan fingerprint density at radius 2 is 1.82 bits per heavy atom. The molecule has 0 N–H and O–H groups in total. The number of hydrogen-bond donors (Lipinski definition) is 0. The zero-order chi connectivity index (χ0) is 21.7. The summed E-state index contributed by atoms with van der Waals surface area (Å²) in [5.74, 6) is 2.71. The Morgan fingerprint density at radius 3 is 2.48 bits per heavy atom. The molecule has 4 aliphatic carbocycles. The Hall–Kier alpha value is -1.21. The second kappa shape index (κ2) is 9.44. The third-order valence-corrected chi connectivity index (χ3v) is 9.50. The number of morpholine rings is 1. The van der Waals surface area contributed by atoms with E-state index in [1.165, 1.54) is 29.5 Å². The third kappa shape index (κ3) is 4.56. The molecule has 33 heavy (non-hydrogen) atoms. The SMILES string of the molecule is Cc1ccc2nc(N(CCCN3CCOCC3)C(=O)C34CC5CC(CC(C5)C3)C4)sc2c1.Cl. The number of amides is 1. The number of rotatable bonds is 6. The molecule has 0 atom stereocenters. The largest absolute Gasteiger partial charge is 0.379 e. The molecular weight excluding hydrogens is 454 g/mol. The van der Waals surface area contributed by atoms with Crippen LogP contribution in [0.1, 0.15) is 50.5 Å². The van der Waals surface area contributed by atoms with Crippen LogP contribution < -0.4 is 4.90 Å². The molecule has 5 fully saturated rings. The van der Waals surface area contributed by atoms with Crippen LogP contribution in [0.2, 0.25) is 0 Å². The summed E-state index contributed by atoms with van der Waals surface area (Å²) in [6.07, 6.45) is 8.43. The van der Waals surface area contributed by atoms with E-state index in [0.717, 1.165) is 93.5 Å². The average Bonchev–Trinajstić information content (AvgIpc) is 3.19. The summed E-state index contributed by atoms with van der Waals surface area (Å²) >= 11 is 1.70. The molecule has 0 radical (unpaired) electrons. The van der Waals surface area contributed by atoms with Crippen molar-refractivity contribution in [2.75, 3.05) is 44.3 Å². The molecule has 1 amide bonds. The van der Waals surface area contributed by atoms with Crippen molar-refractivity contribution >= 4 is 45.0 Å². The summed E-state index contributed by atoms with van der Waals surface area (Å²) in [5.41, 5.74) is 2.15. The number of nitrogens with zero attached hydrogens (tertiary/aromatic N) is 3.